The monoisotopic (exact) mass is 315 g/mol. The minimum Gasteiger partial charge on any atom is -0.384 e. The van der Waals surface area contributed by atoms with E-state index in [1.54, 1.807) is 24.6 Å². The maximum absolute atomic E-state index is 6.00. The summed E-state index contributed by atoms with van der Waals surface area (Å²) in [6.45, 7) is 1.88. The first kappa shape index (κ1) is 13.5. The first-order valence-electron chi connectivity index (χ1n) is 7.22. The minimum atomic E-state index is 0.288. The molecule has 22 heavy (non-hydrogen) atoms. The molecule has 1 saturated heterocycles. The third-order valence-electron chi connectivity index (χ3n) is 4.06. The van der Waals surface area contributed by atoms with Crippen molar-refractivity contribution < 1.29 is 4.74 Å². The number of methoxy groups -OCH3 is 1. The van der Waals surface area contributed by atoms with E-state index in [2.05, 4.69) is 26.1 Å². The molecule has 1 unspecified atom stereocenters. The average molecular weight is 315 g/mol. The zero-order valence-corrected chi connectivity index (χ0v) is 13.1. The smallest absolute Gasteiger partial charge is 0.126 e. The van der Waals surface area contributed by atoms with E-state index < -0.39 is 0 Å². The average Bonchev–Trinajstić information content (AvgIpc) is 3.25. The fraction of sp³-hybridized carbons (Fsp3) is 0.333. The molecule has 1 atom stereocenters. The van der Waals surface area contributed by atoms with E-state index in [0.29, 0.717) is 5.82 Å². The number of hydrogen-bond acceptors (Lipinski definition) is 6. The van der Waals surface area contributed by atoms with Crippen molar-refractivity contribution in [3.05, 3.63) is 24.4 Å². The lowest BCUT2D eigenvalue weighted by molar-refractivity contribution is 0.121. The van der Waals surface area contributed by atoms with Crippen LogP contribution in [0.25, 0.3) is 20.8 Å². The van der Waals surface area contributed by atoms with Crippen molar-refractivity contribution in [3.8, 4) is 10.6 Å². The van der Waals surface area contributed by atoms with Crippen molar-refractivity contribution in [2.45, 2.75) is 12.5 Å². The number of thiophene rings is 1. The van der Waals surface area contributed by atoms with Gasteiger partial charge in [-0.15, -0.1) is 11.3 Å². The van der Waals surface area contributed by atoms with Gasteiger partial charge in [0.1, 0.15) is 5.82 Å². The summed E-state index contributed by atoms with van der Waals surface area (Å²) in [6, 6.07) is 6.00. The lowest BCUT2D eigenvalue weighted by Crippen LogP contribution is -2.22. The molecule has 4 rings (SSSR count). The number of aromatic amines is 1. The number of fused-ring (bicyclic) bond motifs is 1. The van der Waals surface area contributed by atoms with Crippen molar-refractivity contribution in [1.82, 2.24) is 15.2 Å². The van der Waals surface area contributed by atoms with Crippen molar-refractivity contribution in [2.24, 2.45) is 0 Å². The number of H-pyrrole nitrogens is 1. The van der Waals surface area contributed by atoms with Crippen molar-refractivity contribution in [1.29, 1.82) is 0 Å². The van der Waals surface area contributed by atoms with Crippen LogP contribution in [-0.2, 0) is 4.74 Å². The molecule has 1 fully saturated rings. The van der Waals surface area contributed by atoms with Crippen LogP contribution in [0, 0.1) is 0 Å². The first-order valence-corrected chi connectivity index (χ1v) is 8.04. The molecule has 1 aliphatic rings. The molecule has 7 heteroatoms. The highest BCUT2D eigenvalue weighted by atomic mass is 32.1. The predicted octanol–water partition coefficient (Wildman–Crippen LogP) is 2.49. The predicted molar refractivity (Wildman–Crippen MR) is 89.2 cm³/mol. The van der Waals surface area contributed by atoms with Gasteiger partial charge in [-0.25, -0.2) is 4.98 Å². The molecule has 4 heterocycles. The van der Waals surface area contributed by atoms with Gasteiger partial charge in [0.25, 0.3) is 0 Å². The number of hydrogen-bond donors (Lipinski definition) is 2. The molecule has 3 N–H and O–H groups in total. The zero-order chi connectivity index (χ0) is 15.1. The second kappa shape index (κ2) is 5.26. The molecule has 0 bridgehead atoms. The molecular weight excluding hydrogens is 298 g/mol. The Morgan fingerprint density at radius 1 is 1.45 bits per heavy atom. The van der Waals surface area contributed by atoms with Gasteiger partial charge in [0.05, 0.1) is 32.6 Å². The Hall–Kier alpha value is -2.12. The maximum atomic E-state index is 6.00. The Balaban J connectivity index is 1.80. The molecule has 3 aromatic rings. The molecule has 0 radical (unpaired) electrons. The maximum Gasteiger partial charge on any atom is 0.126 e. The van der Waals surface area contributed by atoms with Crippen molar-refractivity contribution in [2.75, 3.05) is 30.8 Å². The van der Waals surface area contributed by atoms with Crippen molar-refractivity contribution >= 4 is 33.1 Å². The lowest BCUT2D eigenvalue weighted by Gasteiger charge is -2.19. The van der Waals surface area contributed by atoms with Crippen LogP contribution in [0.1, 0.15) is 6.42 Å². The molecule has 1 aliphatic heterocycles. The Labute approximate surface area is 131 Å². The molecule has 0 aromatic carbocycles. The highest BCUT2D eigenvalue weighted by Crippen LogP contribution is 2.39. The van der Waals surface area contributed by atoms with Crippen LogP contribution in [0.15, 0.2) is 24.4 Å². The summed E-state index contributed by atoms with van der Waals surface area (Å²) in [6.07, 6.45) is 3.09. The van der Waals surface area contributed by atoms with Gasteiger partial charge >= 0.3 is 0 Å². The van der Waals surface area contributed by atoms with Gasteiger partial charge in [0, 0.05) is 32.5 Å². The Bertz CT molecular complexity index is 798. The van der Waals surface area contributed by atoms with Crippen LogP contribution in [0.3, 0.4) is 0 Å². The van der Waals surface area contributed by atoms with Gasteiger partial charge in [-0.1, -0.05) is 0 Å². The van der Waals surface area contributed by atoms with E-state index in [0.717, 1.165) is 46.0 Å². The van der Waals surface area contributed by atoms with Gasteiger partial charge in [-0.05, 0) is 18.6 Å². The summed E-state index contributed by atoms with van der Waals surface area (Å²) in [4.78, 5) is 7.93. The molecule has 3 aromatic heterocycles. The molecule has 0 saturated carbocycles. The Kier molecular flexibility index (Phi) is 3.24. The number of pyridine rings is 1. The molecular formula is C15H17N5OS. The summed E-state index contributed by atoms with van der Waals surface area (Å²) in [5.74, 6) is 0.553. The summed E-state index contributed by atoms with van der Waals surface area (Å²) < 4.78 is 6.63. The van der Waals surface area contributed by atoms with E-state index >= 15 is 0 Å². The number of anilines is 2. The van der Waals surface area contributed by atoms with Crippen LogP contribution in [-0.4, -0.2) is 41.5 Å². The highest BCUT2D eigenvalue weighted by Gasteiger charge is 2.25. The lowest BCUT2D eigenvalue weighted by atomic mass is 10.3. The van der Waals surface area contributed by atoms with Gasteiger partial charge in [0.2, 0.25) is 0 Å². The number of nitrogens with two attached hydrogens (primary N) is 1. The molecule has 0 amide bonds. The number of rotatable bonds is 3. The van der Waals surface area contributed by atoms with Crippen LogP contribution >= 0.6 is 11.3 Å². The normalized spacial score (nSPS) is 18.4. The third-order valence-corrected chi connectivity index (χ3v) is 5.24. The number of nitrogens with one attached hydrogen (secondary N) is 1. The molecule has 0 spiro atoms. The Morgan fingerprint density at radius 2 is 2.36 bits per heavy atom. The molecule has 0 aliphatic carbocycles. The summed E-state index contributed by atoms with van der Waals surface area (Å²) >= 11 is 1.71. The number of ether oxygens (including phenoxy) is 1. The molecule has 6 nitrogen and oxygen atoms in total. The summed E-state index contributed by atoms with van der Waals surface area (Å²) in [5, 5.41) is 7.02. The van der Waals surface area contributed by atoms with Gasteiger partial charge in [-0.2, -0.15) is 5.10 Å². The fourth-order valence-electron chi connectivity index (χ4n) is 2.93. The highest BCUT2D eigenvalue weighted by molar-refractivity contribution is 7.22. The standard InChI is InChI=1S/C15H17N5OS/c1-21-9-3-5-20(8-9)12-7-14(16)18-11-6-13(22-15(11)12)10-2-4-17-19-10/h2,4,6-7,9H,3,5,8H2,1H3,(H2,16,18)(H,17,19). The van der Waals surface area contributed by atoms with E-state index in [9.17, 15) is 0 Å². The van der Waals surface area contributed by atoms with Crippen LogP contribution in [0.5, 0.6) is 0 Å². The van der Waals surface area contributed by atoms with Crippen LogP contribution in [0.4, 0.5) is 11.5 Å². The van der Waals surface area contributed by atoms with Crippen LogP contribution in [0.2, 0.25) is 0 Å². The van der Waals surface area contributed by atoms with Gasteiger partial charge < -0.3 is 15.4 Å². The largest absolute Gasteiger partial charge is 0.384 e. The Morgan fingerprint density at radius 3 is 3.09 bits per heavy atom. The minimum absolute atomic E-state index is 0.288. The number of nitrogen functional groups attached to an aromatic ring is 1. The zero-order valence-electron chi connectivity index (χ0n) is 12.2. The quantitative estimate of drug-likeness (QED) is 0.776. The first-order chi connectivity index (χ1) is 10.7. The molecule has 114 valence electrons. The van der Waals surface area contributed by atoms with E-state index in [1.807, 2.05) is 12.1 Å². The summed E-state index contributed by atoms with van der Waals surface area (Å²) in [7, 11) is 1.77. The van der Waals surface area contributed by atoms with Crippen LogP contribution < -0.4 is 10.6 Å². The topological polar surface area (TPSA) is 80.1 Å². The van der Waals surface area contributed by atoms with Crippen molar-refractivity contribution in [3.63, 3.8) is 0 Å². The SMILES string of the molecule is COC1CCN(c2cc(N)nc3cc(-c4ccn[nH]4)sc23)C1. The van der Waals surface area contributed by atoms with Gasteiger partial charge in [0.15, 0.2) is 0 Å². The second-order valence-corrected chi connectivity index (χ2v) is 6.51. The second-order valence-electron chi connectivity index (χ2n) is 5.45. The summed E-state index contributed by atoms with van der Waals surface area (Å²) in [5.41, 5.74) is 9.09. The van der Waals surface area contributed by atoms with E-state index in [4.69, 9.17) is 10.5 Å². The van der Waals surface area contributed by atoms with E-state index in [-0.39, 0.29) is 6.10 Å². The fourth-order valence-corrected chi connectivity index (χ4v) is 4.04. The van der Waals surface area contributed by atoms with Gasteiger partial charge in [-0.3, -0.25) is 5.10 Å². The third kappa shape index (κ3) is 2.22. The number of aromatic nitrogens is 3. The van der Waals surface area contributed by atoms with E-state index in [1.165, 1.54) is 0 Å². The number of nitrogens with zero attached hydrogens (tertiary/aromatic N) is 3.